The van der Waals surface area contributed by atoms with Crippen LogP contribution in [0.3, 0.4) is 0 Å². The quantitative estimate of drug-likeness (QED) is 0.240. The molecule has 1 aliphatic heterocycles. The molecule has 4 rings (SSSR count). The average Bonchev–Trinajstić information content (AvgIpc) is 3.44. The molecule has 1 aliphatic rings. The number of carbonyl (C=O) groups is 2. The summed E-state index contributed by atoms with van der Waals surface area (Å²) in [4.78, 5) is 28.8. The number of alkyl halides is 3. The van der Waals surface area contributed by atoms with Crippen LogP contribution in [0, 0.1) is 6.92 Å². The number of aromatic nitrogens is 3. The number of anilines is 1. The van der Waals surface area contributed by atoms with Crippen molar-refractivity contribution in [2.75, 3.05) is 17.7 Å². The Balaban J connectivity index is 1.23. The summed E-state index contributed by atoms with van der Waals surface area (Å²) in [6.45, 7) is 4.02. The van der Waals surface area contributed by atoms with E-state index in [1.54, 1.807) is 25.1 Å². The van der Waals surface area contributed by atoms with E-state index >= 15 is 0 Å². The van der Waals surface area contributed by atoms with E-state index in [9.17, 15) is 22.8 Å². The molecular formula is C22H23F3N6O3S2. The Kier molecular flexibility index (Phi) is 7.45. The van der Waals surface area contributed by atoms with Gasteiger partial charge < -0.3 is 20.7 Å². The second-order valence-electron chi connectivity index (χ2n) is 8.17. The minimum Gasteiger partial charge on any atom is -0.494 e. The number of fused-ring (bicyclic) bond motifs is 1. The molecular weight excluding hydrogens is 517 g/mol. The van der Waals surface area contributed by atoms with Gasteiger partial charge in [0.15, 0.2) is 5.66 Å². The molecule has 2 aromatic heterocycles. The lowest BCUT2D eigenvalue weighted by Gasteiger charge is -2.34. The molecule has 1 atom stereocenters. The van der Waals surface area contributed by atoms with Gasteiger partial charge in [-0.1, -0.05) is 23.9 Å². The van der Waals surface area contributed by atoms with Gasteiger partial charge in [0, 0.05) is 12.3 Å². The number of carbonyl (C=O) groups excluding carboxylic acids is 2. The predicted octanol–water partition coefficient (Wildman–Crippen LogP) is 3.94. The fourth-order valence-corrected chi connectivity index (χ4v) is 5.19. The van der Waals surface area contributed by atoms with E-state index in [0.717, 1.165) is 22.9 Å². The number of nitrogens with one attached hydrogen (secondary N) is 4. The first-order chi connectivity index (χ1) is 17.0. The minimum absolute atomic E-state index is 0.0304. The van der Waals surface area contributed by atoms with Crippen LogP contribution in [-0.4, -0.2) is 45.0 Å². The zero-order chi connectivity index (χ0) is 25.9. The summed E-state index contributed by atoms with van der Waals surface area (Å²) in [5, 5.41) is 16.7. The first-order valence-electron chi connectivity index (χ1n) is 10.9. The number of H-pyrrole nitrogens is 1. The molecule has 0 spiro atoms. The highest BCUT2D eigenvalue weighted by atomic mass is 32.2. The van der Waals surface area contributed by atoms with Crippen LogP contribution in [0.2, 0.25) is 0 Å². The molecule has 192 valence electrons. The molecule has 4 N–H and O–H groups in total. The van der Waals surface area contributed by atoms with Crippen molar-refractivity contribution in [1.82, 2.24) is 25.8 Å². The molecule has 9 nitrogen and oxygen atoms in total. The van der Waals surface area contributed by atoms with Crippen LogP contribution in [0.5, 0.6) is 5.75 Å². The number of ether oxygens (including phenoxy) is 1. The average molecular weight is 541 g/mol. The van der Waals surface area contributed by atoms with E-state index in [1.165, 1.54) is 11.3 Å². The van der Waals surface area contributed by atoms with Crippen LogP contribution in [0.15, 0.2) is 34.8 Å². The highest BCUT2D eigenvalue weighted by molar-refractivity contribution is 7.99. The van der Waals surface area contributed by atoms with Crippen molar-refractivity contribution < 1.29 is 27.5 Å². The van der Waals surface area contributed by atoms with Gasteiger partial charge in [-0.2, -0.15) is 18.2 Å². The van der Waals surface area contributed by atoms with Crippen molar-refractivity contribution in [1.29, 1.82) is 0 Å². The minimum atomic E-state index is -4.55. The van der Waals surface area contributed by atoms with E-state index in [2.05, 4.69) is 26.0 Å². The number of aryl methyl sites for hydroxylation is 1. The second-order valence-corrected chi connectivity index (χ2v) is 10.1. The maximum atomic E-state index is 12.9. The third-order valence-corrected chi connectivity index (χ3v) is 7.20. The van der Waals surface area contributed by atoms with Gasteiger partial charge in [0.05, 0.1) is 12.2 Å². The van der Waals surface area contributed by atoms with Crippen molar-refractivity contribution in [3.05, 3.63) is 52.2 Å². The van der Waals surface area contributed by atoms with Crippen molar-refractivity contribution in [3.8, 4) is 5.75 Å². The number of aromatic amines is 1. The maximum absolute atomic E-state index is 12.9. The summed E-state index contributed by atoms with van der Waals surface area (Å²) in [6.07, 6.45) is -3.99. The van der Waals surface area contributed by atoms with Crippen LogP contribution in [-0.2, 0) is 17.5 Å². The van der Waals surface area contributed by atoms with Crippen LogP contribution in [0.1, 0.15) is 40.7 Å². The lowest BCUT2D eigenvalue weighted by Crippen LogP contribution is -2.63. The molecule has 0 bridgehead atoms. The summed E-state index contributed by atoms with van der Waals surface area (Å²) >= 11 is 2.48. The Morgan fingerprint density at radius 1 is 1.31 bits per heavy atom. The van der Waals surface area contributed by atoms with E-state index in [0.29, 0.717) is 35.1 Å². The van der Waals surface area contributed by atoms with Gasteiger partial charge in [0.25, 0.3) is 11.8 Å². The Morgan fingerprint density at radius 3 is 2.86 bits per heavy atom. The van der Waals surface area contributed by atoms with Crippen LogP contribution in [0.25, 0.3) is 0 Å². The van der Waals surface area contributed by atoms with Crippen molar-refractivity contribution in [2.45, 2.75) is 43.8 Å². The third kappa shape index (κ3) is 5.93. The Bertz CT molecular complexity index is 1260. The Morgan fingerprint density at radius 2 is 2.11 bits per heavy atom. The molecule has 14 heteroatoms. The maximum Gasteiger partial charge on any atom is 0.451 e. The van der Waals surface area contributed by atoms with Gasteiger partial charge >= 0.3 is 6.18 Å². The topological polar surface area (TPSA) is 121 Å². The number of thioether (sulfide) groups is 1. The molecule has 0 fully saturated rings. The fourth-order valence-electron chi connectivity index (χ4n) is 3.43. The van der Waals surface area contributed by atoms with E-state index < -0.39 is 17.7 Å². The highest BCUT2D eigenvalue weighted by Gasteiger charge is 2.41. The number of nitrogens with zero attached hydrogens (tertiary/aromatic N) is 2. The zero-order valence-corrected chi connectivity index (χ0v) is 20.9. The number of halogens is 3. The summed E-state index contributed by atoms with van der Waals surface area (Å²) < 4.78 is 43.3. The van der Waals surface area contributed by atoms with Crippen LogP contribution >= 0.6 is 23.1 Å². The lowest BCUT2D eigenvalue weighted by atomic mass is 10.1. The normalized spacial score (nSPS) is 17.2. The molecule has 1 unspecified atom stereocenters. The Labute approximate surface area is 212 Å². The summed E-state index contributed by atoms with van der Waals surface area (Å²) in [5.74, 6) is -0.715. The largest absolute Gasteiger partial charge is 0.494 e. The molecule has 3 aromatic rings. The van der Waals surface area contributed by atoms with E-state index in [4.69, 9.17) is 4.74 Å². The summed E-state index contributed by atoms with van der Waals surface area (Å²) in [7, 11) is 0. The van der Waals surface area contributed by atoms with E-state index in [-0.39, 0.29) is 23.5 Å². The summed E-state index contributed by atoms with van der Waals surface area (Å²) in [5.41, 5.74) is 0.928. The van der Waals surface area contributed by atoms with Gasteiger partial charge in [-0.25, -0.2) is 0 Å². The number of hydrogen-bond donors (Lipinski definition) is 4. The van der Waals surface area contributed by atoms with Crippen molar-refractivity contribution in [3.63, 3.8) is 0 Å². The molecule has 0 radical (unpaired) electrons. The Hall–Kier alpha value is -3.26. The number of hydrogen-bond acceptors (Lipinski definition) is 8. The number of thiophene rings is 1. The molecule has 0 aliphatic carbocycles. The van der Waals surface area contributed by atoms with Crippen LogP contribution < -0.4 is 20.7 Å². The first kappa shape index (κ1) is 25.8. The van der Waals surface area contributed by atoms with Crippen molar-refractivity contribution in [2.24, 2.45) is 0 Å². The SMILES string of the molecule is Cc1csc2c1C(=O)NC(C)(C(=O)NCc1cccc(OCCCSc3n[nH]c(C(F)(F)F)n3)c1)N2. The first-order valence-corrected chi connectivity index (χ1v) is 12.7. The highest BCUT2D eigenvalue weighted by Crippen LogP contribution is 2.33. The molecule has 0 saturated heterocycles. The molecule has 3 heterocycles. The molecule has 0 saturated carbocycles. The molecule has 36 heavy (non-hydrogen) atoms. The van der Waals surface area contributed by atoms with Crippen LogP contribution in [0.4, 0.5) is 18.2 Å². The van der Waals surface area contributed by atoms with Gasteiger partial charge in [-0.15, -0.1) is 16.4 Å². The second kappa shape index (κ2) is 10.4. The van der Waals surface area contributed by atoms with Gasteiger partial charge in [-0.3, -0.25) is 14.7 Å². The predicted molar refractivity (Wildman–Crippen MR) is 129 cm³/mol. The lowest BCUT2D eigenvalue weighted by molar-refractivity contribution is -0.144. The van der Waals surface area contributed by atoms with Gasteiger partial charge in [-0.05, 0) is 48.9 Å². The molecule has 2 amide bonds. The number of amides is 2. The van der Waals surface area contributed by atoms with E-state index in [1.807, 2.05) is 23.5 Å². The third-order valence-electron chi connectivity index (χ3n) is 5.26. The smallest absolute Gasteiger partial charge is 0.451 e. The van der Waals surface area contributed by atoms with Crippen molar-refractivity contribution >= 4 is 39.9 Å². The fraction of sp³-hybridized carbons (Fsp3) is 0.364. The standard InChI is InChI=1S/C22H23F3N6O3S2/c1-12-11-36-17-15(12)16(32)28-21(2,29-17)19(33)26-10-13-5-3-6-14(9-13)34-7-4-8-35-20-27-18(30-31-20)22(23,24)25/h3,5-6,9,11,29H,4,7-8,10H2,1-2H3,(H,26,33)(H,28,32)(H,27,30,31). The van der Waals surface area contributed by atoms with Gasteiger partial charge in [0.2, 0.25) is 11.0 Å². The number of rotatable bonds is 9. The molecule has 1 aromatic carbocycles. The zero-order valence-electron chi connectivity index (χ0n) is 19.3. The van der Waals surface area contributed by atoms with Gasteiger partial charge in [0.1, 0.15) is 10.8 Å². The monoisotopic (exact) mass is 540 g/mol. The number of benzene rings is 1. The summed E-state index contributed by atoms with van der Waals surface area (Å²) in [6, 6.07) is 7.18.